The van der Waals surface area contributed by atoms with Crippen molar-refractivity contribution in [3.8, 4) is 0 Å². The number of hydrogen-bond donors (Lipinski definition) is 0. The van der Waals surface area contributed by atoms with Crippen molar-refractivity contribution in [3.05, 3.63) is 77.4 Å². The first-order valence-corrected chi connectivity index (χ1v) is 7.09. The molecule has 0 aromatic heterocycles. The average Bonchev–Trinajstić information content (AvgIpc) is 2.53. The lowest BCUT2D eigenvalue weighted by Crippen LogP contribution is -2.12. The van der Waals surface area contributed by atoms with E-state index < -0.39 is 0 Å². The highest BCUT2D eigenvalue weighted by Crippen LogP contribution is 2.17. The molecule has 0 unspecified atom stereocenters. The molecule has 0 N–H and O–H groups in total. The molecule has 22 heavy (non-hydrogen) atoms. The van der Waals surface area contributed by atoms with Gasteiger partial charge in [-0.2, -0.15) is 0 Å². The van der Waals surface area contributed by atoms with E-state index in [-0.39, 0.29) is 11.6 Å². The summed E-state index contributed by atoms with van der Waals surface area (Å²) in [4.78, 5) is 25.6. The number of ketones is 2. The van der Waals surface area contributed by atoms with E-state index in [4.69, 9.17) is 0 Å². The van der Waals surface area contributed by atoms with Crippen molar-refractivity contribution in [2.45, 2.75) is 6.92 Å². The molecule has 0 saturated heterocycles. The molecule has 0 amide bonds. The molecule has 2 aromatic rings. The Morgan fingerprint density at radius 3 is 1.86 bits per heavy atom. The van der Waals surface area contributed by atoms with Crippen molar-refractivity contribution in [2.24, 2.45) is 0 Å². The maximum Gasteiger partial charge on any atom is 0.187 e. The Balaban J connectivity index is 2.32. The summed E-state index contributed by atoms with van der Waals surface area (Å²) < 4.78 is 0. The minimum atomic E-state index is -0.0809. The van der Waals surface area contributed by atoms with Crippen molar-refractivity contribution >= 4 is 17.3 Å². The van der Waals surface area contributed by atoms with Gasteiger partial charge in [0.15, 0.2) is 11.6 Å². The highest BCUT2D eigenvalue weighted by molar-refractivity contribution is 6.08. The van der Waals surface area contributed by atoms with Crippen molar-refractivity contribution in [1.82, 2.24) is 4.90 Å². The fourth-order valence-corrected chi connectivity index (χ4v) is 2.16. The Morgan fingerprint density at radius 1 is 0.818 bits per heavy atom. The molecule has 0 fully saturated rings. The van der Waals surface area contributed by atoms with E-state index >= 15 is 0 Å². The smallest absolute Gasteiger partial charge is 0.187 e. The average molecular weight is 293 g/mol. The second-order valence-electron chi connectivity index (χ2n) is 5.29. The number of rotatable bonds is 5. The third kappa shape index (κ3) is 3.70. The number of Topliss-reactive ketones (excluding diaryl/α,β-unsaturated/α-hetero) is 1. The Morgan fingerprint density at radius 2 is 1.36 bits per heavy atom. The fraction of sp³-hybridized carbons (Fsp3) is 0.158. The molecule has 3 heteroatoms. The molecule has 0 atom stereocenters. The summed E-state index contributed by atoms with van der Waals surface area (Å²) in [6.45, 7) is 1.51. The molecule has 0 saturated carbocycles. The monoisotopic (exact) mass is 293 g/mol. The third-order valence-electron chi connectivity index (χ3n) is 3.40. The van der Waals surface area contributed by atoms with Gasteiger partial charge in [-0.05, 0) is 12.5 Å². The predicted octanol–water partition coefficient (Wildman–Crippen LogP) is 3.67. The van der Waals surface area contributed by atoms with Crippen LogP contribution in [0.1, 0.15) is 33.2 Å². The maximum absolute atomic E-state index is 12.4. The molecule has 0 spiro atoms. The first-order chi connectivity index (χ1) is 10.5. The van der Waals surface area contributed by atoms with Crippen LogP contribution in [-0.4, -0.2) is 30.6 Å². The summed E-state index contributed by atoms with van der Waals surface area (Å²) in [6.07, 6.45) is 1.62. The van der Waals surface area contributed by atoms with E-state index in [1.807, 2.05) is 49.3 Å². The van der Waals surface area contributed by atoms with Gasteiger partial charge < -0.3 is 4.90 Å². The fourth-order valence-electron chi connectivity index (χ4n) is 2.16. The lowest BCUT2D eigenvalue weighted by Gasteiger charge is -2.17. The predicted molar refractivity (Wildman–Crippen MR) is 88.9 cm³/mol. The van der Waals surface area contributed by atoms with Gasteiger partial charge in [0.25, 0.3) is 0 Å². The zero-order valence-corrected chi connectivity index (χ0v) is 13.0. The molecule has 0 bridgehead atoms. The summed E-state index contributed by atoms with van der Waals surface area (Å²) in [5.74, 6) is -0.0875. The summed E-state index contributed by atoms with van der Waals surface area (Å²) in [5, 5.41) is 0. The van der Waals surface area contributed by atoms with Crippen LogP contribution in [0.5, 0.6) is 0 Å². The van der Waals surface area contributed by atoms with Crippen LogP contribution in [-0.2, 0) is 0 Å². The van der Waals surface area contributed by atoms with Gasteiger partial charge in [0.05, 0.1) is 0 Å². The van der Waals surface area contributed by atoms with Crippen LogP contribution in [0.4, 0.5) is 0 Å². The summed E-state index contributed by atoms with van der Waals surface area (Å²) in [7, 11) is 3.82. The van der Waals surface area contributed by atoms with E-state index in [2.05, 4.69) is 0 Å². The Bertz CT molecular complexity index is 698. The van der Waals surface area contributed by atoms with Crippen molar-refractivity contribution < 1.29 is 9.59 Å². The van der Waals surface area contributed by atoms with E-state index in [0.29, 0.717) is 11.1 Å². The van der Waals surface area contributed by atoms with Crippen LogP contribution in [0, 0.1) is 0 Å². The van der Waals surface area contributed by atoms with Crippen LogP contribution < -0.4 is 0 Å². The van der Waals surface area contributed by atoms with Gasteiger partial charge in [0.2, 0.25) is 0 Å². The van der Waals surface area contributed by atoms with Gasteiger partial charge in [0, 0.05) is 37.0 Å². The normalized spacial score (nSPS) is 11.1. The number of allylic oxidation sites excluding steroid dienone is 1. The Kier molecular flexibility index (Phi) is 4.89. The number of carbonyl (C=O) groups excluding carboxylic acids is 2. The van der Waals surface area contributed by atoms with Crippen LogP contribution in [0.25, 0.3) is 5.70 Å². The summed E-state index contributed by atoms with van der Waals surface area (Å²) >= 11 is 0. The molecule has 2 aromatic carbocycles. The SMILES string of the molecule is CC(=O)c1ccc(C(=O)/C=C(/c2ccccc2)N(C)C)cc1. The zero-order chi connectivity index (χ0) is 16.1. The van der Waals surface area contributed by atoms with Crippen LogP contribution >= 0.6 is 0 Å². The molecule has 3 nitrogen and oxygen atoms in total. The van der Waals surface area contributed by atoms with Gasteiger partial charge in [0.1, 0.15) is 0 Å². The number of hydrogen-bond acceptors (Lipinski definition) is 3. The first kappa shape index (κ1) is 15.7. The van der Waals surface area contributed by atoms with Gasteiger partial charge in [-0.3, -0.25) is 9.59 Å². The molecule has 0 aliphatic heterocycles. The van der Waals surface area contributed by atoms with Gasteiger partial charge in [-0.1, -0.05) is 54.6 Å². The number of benzene rings is 2. The summed E-state index contributed by atoms with van der Waals surface area (Å²) in [5.41, 5.74) is 3.01. The molecular formula is C19H19NO2. The largest absolute Gasteiger partial charge is 0.377 e. The van der Waals surface area contributed by atoms with Gasteiger partial charge in [-0.15, -0.1) is 0 Å². The quantitative estimate of drug-likeness (QED) is 0.623. The number of carbonyl (C=O) groups is 2. The van der Waals surface area contributed by atoms with Crippen LogP contribution in [0.15, 0.2) is 60.7 Å². The lowest BCUT2D eigenvalue weighted by molar-refractivity contribution is 0.101. The lowest BCUT2D eigenvalue weighted by atomic mass is 10.0. The van der Waals surface area contributed by atoms with Crippen molar-refractivity contribution in [1.29, 1.82) is 0 Å². The van der Waals surface area contributed by atoms with E-state index in [0.717, 1.165) is 11.3 Å². The van der Waals surface area contributed by atoms with Crippen LogP contribution in [0.2, 0.25) is 0 Å². The van der Waals surface area contributed by atoms with E-state index in [9.17, 15) is 9.59 Å². The topological polar surface area (TPSA) is 37.4 Å². The third-order valence-corrected chi connectivity index (χ3v) is 3.40. The van der Waals surface area contributed by atoms with Gasteiger partial charge >= 0.3 is 0 Å². The molecule has 0 radical (unpaired) electrons. The molecular weight excluding hydrogens is 274 g/mol. The molecule has 0 aliphatic carbocycles. The molecule has 0 aliphatic rings. The first-order valence-electron chi connectivity index (χ1n) is 7.09. The molecule has 0 heterocycles. The Hall–Kier alpha value is -2.68. The Labute approximate surface area is 130 Å². The summed E-state index contributed by atoms with van der Waals surface area (Å²) in [6, 6.07) is 16.5. The highest BCUT2D eigenvalue weighted by Gasteiger charge is 2.09. The second kappa shape index (κ2) is 6.85. The standard InChI is InChI=1S/C19H19NO2/c1-14(21)15-9-11-17(12-10-15)19(22)13-18(20(2)3)16-7-5-4-6-8-16/h4-13H,1-3H3/b18-13-. The highest BCUT2D eigenvalue weighted by atomic mass is 16.1. The minimum Gasteiger partial charge on any atom is -0.377 e. The van der Waals surface area contributed by atoms with E-state index in [1.54, 1.807) is 30.3 Å². The molecule has 112 valence electrons. The van der Waals surface area contributed by atoms with Crippen molar-refractivity contribution in [2.75, 3.05) is 14.1 Å². The molecule has 2 rings (SSSR count). The second-order valence-corrected chi connectivity index (χ2v) is 5.29. The zero-order valence-electron chi connectivity index (χ0n) is 13.0. The van der Waals surface area contributed by atoms with Gasteiger partial charge in [-0.25, -0.2) is 0 Å². The van der Waals surface area contributed by atoms with Crippen molar-refractivity contribution in [3.63, 3.8) is 0 Å². The maximum atomic E-state index is 12.4. The van der Waals surface area contributed by atoms with E-state index in [1.165, 1.54) is 6.92 Å². The minimum absolute atomic E-state index is 0.00666. The van der Waals surface area contributed by atoms with Crippen LogP contribution in [0.3, 0.4) is 0 Å². The number of nitrogens with zero attached hydrogens (tertiary/aromatic N) is 1.